The number of aromatic nitrogens is 3. The number of halogens is 5. The van der Waals surface area contributed by atoms with E-state index in [0.717, 1.165) is 77.3 Å². The monoisotopic (exact) mass is 1590 g/mol. The van der Waals surface area contributed by atoms with E-state index in [1.54, 1.807) is 11.0 Å². The number of ether oxygens (including phenoxy) is 3. The van der Waals surface area contributed by atoms with Gasteiger partial charge in [-0.3, -0.25) is 29.7 Å². The molecule has 0 saturated carbocycles. The molecule has 0 aliphatic carbocycles. The van der Waals surface area contributed by atoms with Crippen LogP contribution >= 0.6 is 22.3 Å². The number of rotatable bonds is 10. The van der Waals surface area contributed by atoms with E-state index in [1.165, 1.54) is 80.9 Å². The number of H-pyrrole nitrogens is 3. The molecule has 0 radical (unpaired) electrons. The third kappa shape index (κ3) is 21.9. The summed E-state index contributed by atoms with van der Waals surface area (Å²) in [5.41, 5.74) is 0.219. The van der Waals surface area contributed by atoms with E-state index in [4.69, 9.17) is 45.3 Å². The minimum Gasteiger partial charge on any atom is -0.445 e. The number of piperazine rings is 3. The molecule has 0 unspecified atom stereocenters. The maximum Gasteiger partial charge on any atom is 0.417 e. The van der Waals surface area contributed by atoms with Crippen LogP contribution < -0.4 is 22.6 Å². The SMILES string of the molecule is C.CC(C)(C)OC(=O)N1CCN(C2CCN(S(=O)(=O)c3ccc4[nH]c(=O)oc4c3)CC2)CC1.CC(C)(C)OC(=O)N1CCN(C2CCNCC2)CC1.O=C(OCc1cc(Cl)cc(C(F)(F)F)c1)N1CCN(C2CCN(S(=O)(=O)c3ccc4[nH]c(=O)oc4c3)CC2)CC1.O=c1[nH]c2ccc(S(=O)(=O)Cl)cc2o1. The molecule has 584 valence electrons. The van der Waals surface area contributed by atoms with E-state index < -0.39 is 75.4 Å². The van der Waals surface area contributed by atoms with Crippen molar-refractivity contribution < 1.29 is 80.3 Å². The topological polar surface area (TPSA) is 357 Å². The highest BCUT2D eigenvalue weighted by atomic mass is 35.7. The number of piperidine rings is 3. The van der Waals surface area contributed by atoms with Crippen molar-refractivity contribution in [3.05, 3.63) is 121 Å². The van der Waals surface area contributed by atoms with Gasteiger partial charge in [-0.25, -0.2) is 54.0 Å². The number of oxazole rings is 3. The molecule has 7 aromatic rings. The molecule has 38 heteroatoms. The molecule has 4 N–H and O–H groups in total. The number of hydrogen-bond donors (Lipinski definition) is 4. The molecule has 0 bridgehead atoms. The lowest BCUT2D eigenvalue weighted by Gasteiger charge is -2.42. The van der Waals surface area contributed by atoms with Gasteiger partial charge in [0.05, 0.1) is 36.8 Å². The van der Waals surface area contributed by atoms with Gasteiger partial charge in [0.2, 0.25) is 20.0 Å². The molecular weight excluding hydrogens is 1500 g/mol. The second kappa shape index (κ2) is 34.4. The second-order valence-electron chi connectivity index (χ2n) is 28.1. The summed E-state index contributed by atoms with van der Waals surface area (Å²) >= 11 is 5.79. The molecular formula is C68H91Cl2F3N12O18S3. The van der Waals surface area contributed by atoms with Crippen LogP contribution in [0.25, 0.3) is 33.3 Å². The Morgan fingerprint density at radius 3 is 1.17 bits per heavy atom. The van der Waals surface area contributed by atoms with Crippen LogP contribution in [-0.4, -0.2) is 244 Å². The summed E-state index contributed by atoms with van der Waals surface area (Å²) in [6.07, 6.45) is -0.492. The Hall–Kier alpha value is -7.52. The lowest BCUT2D eigenvalue weighted by atomic mass is 10.0. The van der Waals surface area contributed by atoms with Crippen LogP contribution in [0.3, 0.4) is 0 Å². The van der Waals surface area contributed by atoms with Gasteiger partial charge in [0.15, 0.2) is 16.7 Å². The fourth-order valence-electron chi connectivity index (χ4n) is 13.2. The first kappa shape index (κ1) is 82.5. The van der Waals surface area contributed by atoms with Gasteiger partial charge < -0.3 is 47.5 Å². The zero-order valence-corrected chi connectivity index (χ0v) is 62.8. The maximum absolute atomic E-state index is 13.2. The maximum atomic E-state index is 13.2. The second-order valence-corrected chi connectivity index (χ2v) is 35.0. The highest BCUT2D eigenvalue weighted by Gasteiger charge is 2.38. The third-order valence-electron chi connectivity index (χ3n) is 18.6. The highest BCUT2D eigenvalue weighted by molar-refractivity contribution is 8.13. The third-order valence-corrected chi connectivity index (χ3v) is 23.9. The van der Waals surface area contributed by atoms with Crippen molar-refractivity contribution in [1.29, 1.82) is 0 Å². The highest BCUT2D eigenvalue weighted by Crippen LogP contribution is 2.34. The number of amides is 3. The van der Waals surface area contributed by atoms with Crippen LogP contribution in [-0.2, 0) is 56.1 Å². The molecule has 9 heterocycles. The Morgan fingerprint density at radius 1 is 0.481 bits per heavy atom. The minimum absolute atomic E-state index is 0. The normalized spacial score (nSPS) is 18.8. The van der Waals surface area contributed by atoms with Gasteiger partial charge >= 0.3 is 41.7 Å². The van der Waals surface area contributed by atoms with E-state index >= 15 is 0 Å². The summed E-state index contributed by atoms with van der Waals surface area (Å²) < 4.78 is 147. The van der Waals surface area contributed by atoms with Crippen LogP contribution in [0.1, 0.15) is 98.6 Å². The molecule has 30 nitrogen and oxygen atoms in total. The van der Waals surface area contributed by atoms with Crippen molar-refractivity contribution in [3.8, 4) is 0 Å². The van der Waals surface area contributed by atoms with Gasteiger partial charge in [-0.15, -0.1) is 0 Å². The van der Waals surface area contributed by atoms with E-state index in [2.05, 4.69) is 39.4 Å². The van der Waals surface area contributed by atoms with E-state index in [0.29, 0.717) is 101 Å². The number of alkyl halides is 3. The average Bonchev–Trinajstić information content (AvgIpc) is 1.34. The molecule has 3 aromatic heterocycles. The summed E-state index contributed by atoms with van der Waals surface area (Å²) in [6, 6.07) is 16.8. The zero-order chi connectivity index (χ0) is 76.0. The summed E-state index contributed by atoms with van der Waals surface area (Å²) in [4.78, 5) is 89.8. The Kier molecular flexibility index (Phi) is 26.8. The fourth-order valence-corrected chi connectivity index (χ4v) is 17.2. The summed E-state index contributed by atoms with van der Waals surface area (Å²) in [6.45, 7) is 22.8. The molecule has 0 spiro atoms. The van der Waals surface area contributed by atoms with E-state index in [-0.39, 0.29) is 80.3 Å². The number of nitrogens with zero attached hydrogens (tertiary/aromatic N) is 8. The predicted octanol–water partition coefficient (Wildman–Crippen LogP) is 8.70. The molecule has 0 atom stereocenters. The van der Waals surface area contributed by atoms with Gasteiger partial charge in [0.25, 0.3) is 9.05 Å². The first-order valence-electron chi connectivity index (χ1n) is 34.4. The Bertz CT molecular complexity index is 4740. The predicted molar refractivity (Wildman–Crippen MR) is 388 cm³/mol. The number of carbonyl (C=O) groups is 3. The number of benzene rings is 4. The van der Waals surface area contributed by atoms with Crippen molar-refractivity contribution in [1.82, 2.24) is 58.3 Å². The van der Waals surface area contributed by atoms with Crippen LogP contribution in [0.2, 0.25) is 5.02 Å². The number of sulfonamides is 2. The Morgan fingerprint density at radius 2 is 0.821 bits per heavy atom. The van der Waals surface area contributed by atoms with Crippen molar-refractivity contribution in [2.45, 2.75) is 144 Å². The van der Waals surface area contributed by atoms with Crippen LogP contribution in [0.15, 0.2) is 115 Å². The lowest BCUT2D eigenvalue weighted by molar-refractivity contribution is -0.137. The number of nitrogens with one attached hydrogen (secondary N) is 4. The van der Waals surface area contributed by atoms with E-state index in [1.807, 2.05) is 46.4 Å². The molecule has 13 rings (SSSR count). The molecule has 6 aliphatic heterocycles. The van der Waals surface area contributed by atoms with Gasteiger partial charge in [0, 0.05) is 157 Å². The molecule has 4 aromatic carbocycles. The van der Waals surface area contributed by atoms with Crippen molar-refractivity contribution in [2.75, 3.05) is 118 Å². The molecule has 6 fully saturated rings. The van der Waals surface area contributed by atoms with E-state index in [9.17, 15) is 67.2 Å². The summed E-state index contributed by atoms with van der Waals surface area (Å²) in [5.74, 6) is -1.90. The quantitative estimate of drug-likeness (QED) is 0.0734. The fraction of sp³-hybridized carbons (Fsp3) is 0.559. The van der Waals surface area contributed by atoms with Gasteiger partial charge in [0.1, 0.15) is 17.8 Å². The molecule has 3 amide bonds. The lowest BCUT2D eigenvalue weighted by Crippen LogP contribution is -2.55. The zero-order valence-electron chi connectivity index (χ0n) is 58.9. The first-order valence-corrected chi connectivity index (χ1v) is 39.9. The largest absolute Gasteiger partial charge is 0.445 e. The summed E-state index contributed by atoms with van der Waals surface area (Å²) in [5, 5.41) is 3.30. The van der Waals surface area contributed by atoms with Crippen LogP contribution in [0.5, 0.6) is 0 Å². The van der Waals surface area contributed by atoms with Crippen molar-refractivity contribution in [3.63, 3.8) is 0 Å². The van der Waals surface area contributed by atoms with Crippen molar-refractivity contribution in [2.24, 2.45) is 0 Å². The molecule has 6 saturated heterocycles. The van der Waals surface area contributed by atoms with Crippen LogP contribution in [0, 0.1) is 0 Å². The van der Waals surface area contributed by atoms with Gasteiger partial charge in [-0.2, -0.15) is 21.8 Å². The minimum atomic E-state index is -4.56. The molecule has 6 aliphatic rings. The van der Waals surface area contributed by atoms with Crippen molar-refractivity contribution >= 4 is 103 Å². The Labute approximate surface area is 620 Å². The number of carbonyl (C=O) groups excluding carboxylic acids is 3. The van der Waals surface area contributed by atoms with Gasteiger partial charge in [-0.05, 0) is 153 Å². The Balaban J connectivity index is 0.000000175. The number of aromatic amines is 3. The number of hydrogen-bond acceptors (Lipinski definition) is 22. The summed E-state index contributed by atoms with van der Waals surface area (Å²) in [7, 11) is -6.11. The first-order chi connectivity index (χ1) is 49.3. The standard InChI is InChI=1S/C25H26ClF3N4O6S.C21H30N4O6S.C14H27N3O2.C7H4ClNO4S.CH4/c26-18-12-16(11-17(13-18)25(27,28)29)15-38-24(35)32-9-7-31(8-10-32)19-3-5-33(6-4-19)40(36,37)20-1-2-21-22(14-20)39-23(34)30-21;1-21(2,3)31-20(27)24-12-10-23(11-13-24)15-6-8-25(9-7-15)32(28,29)16-4-5-17-18(14-16)30-19(26)22-17;1-14(2,3)19-13(18)17-10-8-16(9-11-17)12-4-6-15-7-5-12;8-14(11,12)4-1-2-5-6(3-4)13-7(10)9-5;/h1-2,11-14,19H,3-10,15H2,(H,30,34);4-5,14-15H,6-13H2,1-3H3,(H,22,26);12,15H,4-11H2,1-3H3;1-3H,(H,9,10);1H4. The number of fused-ring (bicyclic) bond motifs is 3. The van der Waals surface area contributed by atoms with Gasteiger partial charge in [-0.1, -0.05) is 19.0 Å². The smallest absolute Gasteiger partial charge is 0.417 e. The molecule has 106 heavy (non-hydrogen) atoms. The average molecular weight is 1590 g/mol. The van der Waals surface area contributed by atoms with Crippen LogP contribution in [0.4, 0.5) is 27.6 Å².